The normalized spacial score (nSPS) is 14.0. The van der Waals surface area contributed by atoms with Crippen LogP contribution in [0.1, 0.15) is 24.1 Å². The van der Waals surface area contributed by atoms with Gasteiger partial charge in [-0.25, -0.2) is 4.98 Å². The predicted octanol–water partition coefficient (Wildman–Crippen LogP) is 2.14. The Kier molecular flexibility index (Phi) is 5.10. The van der Waals surface area contributed by atoms with Crippen LogP contribution in [0.4, 0.5) is 5.13 Å². The number of carbonyl (C=O) groups excluding carboxylic acids is 2. The highest BCUT2D eigenvalue weighted by molar-refractivity contribution is 7.14. The van der Waals surface area contributed by atoms with Gasteiger partial charge in [-0.3, -0.25) is 14.5 Å². The van der Waals surface area contributed by atoms with Gasteiger partial charge in [-0.15, -0.1) is 11.3 Å². The van der Waals surface area contributed by atoms with E-state index in [-0.39, 0.29) is 18.2 Å². The molecule has 126 valence electrons. The fraction of sp³-hybridized carbons (Fsp3) is 0.353. The third-order valence-corrected chi connectivity index (χ3v) is 4.77. The van der Waals surface area contributed by atoms with E-state index < -0.39 is 0 Å². The molecule has 3 rings (SSSR count). The van der Waals surface area contributed by atoms with Gasteiger partial charge in [0.15, 0.2) is 5.13 Å². The van der Waals surface area contributed by atoms with E-state index in [1.165, 1.54) is 11.3 Å². The minimum absolute atomic E-state index is 0.106. The third-order valence-electron chi connectivity index (χ3n) is 3.85. The SMILES string of the molecule is COc1ccccc1CNC(=O)Cc1csc(N2CCCC2=O)n1. The van der Waals surface area contributed by atoms with E-state index in [0.717, 1.165) is 17.7 Å². The Hall–Kier alpha value is -2.41. The second kappa shape index (κ2) is 7.44. The number of hydrogen-bond acceptors (Lipinski definition) is 5. The Morgan fingerprint density at radius 3 is 3.00 bits per heavy atom. The molecule has 0 aliphatic carbocycles. The van der Waals surface area contributed by atoms with Gasteiger partial charge in [-0.1, -0.05) is 18.2 Å². The van der Waals surface area contributed by atoms with E-state index in [1.807, 2.05) is 29.6 Å². The average molecular weight is 345 g/mol. The second-order valence-corrected chi connectivity index (χ2v) is 6.37. The Labute approximate surface area is 144 Å². The van der Waals surface area contributed by atoms with Crippen LogP contribution in [0, 0.1) is 0 Å². The van der Waals surface area contributed by atoms with Crippen molar-refractivity contribution in [3.05, 3.63) is 40.9 Å². The van der Waals surface area contributed by atoms with Crippen LogP contribution >= 0.6 is 11.3 Å². The molecule has 2 amide bonds. The van der Waals surface area contributed by atoms with Crippen LogP contribution in [-0.2, 0) is 22.6 Å². The maximum atomic E-state index is 12.1. The number of methoxy groups -OCH3 is 1. The first-order chi connectivity index (χ1) is 11.7. The third kappa shape index (κ3) is 3.73. The molecule has 1 aromatic heterocycles. The van der Waals surface area contributed by atoms with Crippen molar-refractivity contribution < 1.29 is 14.3 Å². The lowest BCUT2D eigenvalue weighted by atomic mass is 10.2. The molecule has 1 aliphatic rings. The number of rotatable bonds is 6. The molecular formula is C17H19N3O3S. The average Bonchev–Trinajstić information content (AvgIpc) is 3.21. The van der Waals surface area contributed by atoms with Crippen molar-refractivity contribution in [3.63, 3.8) is 0 Å². The van der Waals surface area contributed by atoms with Crippen molar-refractivity contribution in [2.75, 3.05) is 18.6 Å². The van der Waals surface area contributed by atoms with Gasteiger partial charge in [0.25, 0.3) is 0 Å². The lowest BCUT2D eigenvalue weighted by Crippen LogP contribution is -2.25. The van der Waals surface area contributed by atoms with Gasteiger partial charge in [0, 0.05) is 30.5 Å². The van der Waals surface area contributed by atoms with Gasteiger partial charge >= 0.3 is 0 Å². The maximum absolute atomic E-state index is 12.1. The van der Waals surface area contributed by atoms with E-state index >= 15 is 0 Å². The van der Waals surface area contributed by atoms with Crippen LogP contribution in [0.15, 0.2) is 29.6 Å². The highest BCUT2D eigenvalue weighted by atomic mass is 32.1. The van der Waals surface area contributed by atoms with Crippen LogP contribution in [0.25, 0.3) is 0 Å². The molecule has 6 nitrogen and oxygen atoms in total. The zero-order chi connectivity index (χ0) is 16.9. The number of thiazole rings is 1. The molecular weight excluding hydrogens is 326 g/mol. The zero-order valence-corrected chi connectivity index (χ0v) is 14.3. The van der Waals surface area contributed by atoms with Crippen LogP contribution in [-0.4, -0.2) is 30.5 Å². The van der Waals surface area contributed by atoms with Gasteiger partial charge in [-0.2, -0.15) is 0 Å². The first-order valence-corrected chi connectivity index (χ1v) is 8.68. The monoisotopic (exact) mass is 345 g/mol. The number of amides is 2. The number of para-hydroxylation sites is 1. The molecule has 1 aliphatic heterocycles. The molecule has 1 N–H and O–H groups in total. The number of anilines is 1. The maximum Gasteiger partial charge on any atom is 0.228 e. The zero-order valence-electron chi connectivity index (χ0n) is 13.4. The van der Waals surface area contributed by atoms with E-state index in [9.17, 15) is 9.59 Å². The predicted molar refractivity (Wildman–Crippen MR) is 92.2 cm³/mol. The topological polar surface area (TPSA) is 71.5 Å². The molecule has 2 heterocycles. The van der Waals surface area contributed by atoms with E-state index in [2.05, 4.69) is 10.3 Å². The molecule has 24 heavy (non-hydrogen) atoms. The molecule has 0 spiro atoms. The summed E-state index contributed by atoms with van der Waals surface area (Å²) in [5, 5.41) is 5.40. The van der Waals surface area contributed by atoms with Crippen LogP contribution in [0.5, 0.6) is 5.75 Å². The fourth-order valence-corrected chi connectivity index (χ4v) is 3.49. The van der Waals surface area contributed by atoms with Gasteiger partial charge in [0.05, 0.1) is 19.2 Å². The number of nitrogens with zero attached hydrogens (tertiary/aromatic N) is 2. The van der Waals surface area contributed by atoms with Crippen molar-refractivity contribution in [2.24, 2.45) is 0 Å². The largest absolute Gasteiger partial charge is 0.496 e. The first-order valence-electron chi connectivity index (χ1n) is 7.80. The minimum atomic E-state index is -0.106. The van der Waals surface area contributed by atoms with Gasteiger partial charge < -0.3 is 10.1 Å². The highest BCUT2D eigenvalue weighted by Crippen LogP contribution is 2.25. The van der Waals surface area contributed by atoms with Crippen molar-refractivity contribution in [2.45, 2.75) is 25.8 Å². The Morgan fingerprint density at radius 1 is 1.42 bits per heavy atom. The number of ether oxygens (including phenoxy) is 1. The number of aromatic nitrogens is 1. The smallest absolute Gasteiger partial charge is 0.228 e. The van der Waals surface area contributed by atoms with Crippen LogP contribution in [0.2, 0.25) is 0 Å². The lowest BCUT2D eigenvalue weighted by Gasteiger charge is -2.10. The van der Waals surface area contributed by atoms with Crippen LogP contribution in [0.3, 0.4) is 0 Å². The van der Waals surface area contributed by atoms with Crippen molar-refractivity contribution >= 4 is 28.3 Å². The second-order valence-electron chi connectivity index (χ2n) is 5.54. The summed E-state index contributed by atoms with van der Waals surface area (Å²) >= 11 is 1.41. The lowest BCUT2D eigenvalue weighted by molar-refractivity contribution is -0.120. The number of hydrogen-bond donors (Lipinski definition) is 1. The number of benzene rings is 1. The Bertz CT molecular complexity index is 744. The van der Waals surface area contributed by atoms with Crippen molar-refractivity contribution in [1.82, 2.24) is 10.3 Å². The van der Waals surface area contributed by atoms with Crippen molar-refractivity contribution in [1.29, 1.82) is 0 Å². The summed E-state index contributed by atoms with van der Waals surface area (Å²) in [7, 11) is 1.61. The molecule has 7 heteroatoms. The molecule has 1 saturated heterocycles. The molecule has 2 aromatic rings. The summed E-state index contributed by atoms with van der Waals surface area (Å²) < 4.78 is 5.27. The fourth-order valence-electron chi connectivity index (χ4n) is 2.62. The van der Waals surface area contributed by atoms with E-state index in [4.69, 9.17) is 4.74 Å². The van der Waals surface area contributed by atoms with Crippen molar-refractivity contribution in [3.8, 4) is 5.75 Å². The minimum Gasteiger partial charge on any atom is -0.496 e. The number of nitrogens with one attached hydrogen (secondary N) is 1. The highest BCUT2D eigenvalue weighted by Gasteiger charge is 2.24. The molecule has 0 radical (unpaired) electrons. The molecule has 0 saturated carbocycles. The van der Waals surface area contributed by atoms with Gasteiger partial charge in [0.2, 0.25) is 11.8 Å². The van der Waals surface area contributed by atoms with Gasteiger partial charge in [-0.05, 0) is 12.5 Å². The quantitative estimate of drug-likeness (QED) is 0.871. The summed E-state index contributed by atoms with van der Waals surface area (Å²) in [5.41, 5.74) is 1.61. The molecule has 0 unspecified atom stereocenters. The summed E-state index contributed by atoms with van der Waals surface area (Å²) in [6.45, 7) is 1.12. The summed E-state index contributed by atoms with van der Waals surface area (Å²) in [4.78, 5) is 29.9. The van der Waals surface area contributed by atoms with E-state index in [0.29, 0.717) is 30.3 Å². The molecule has 0 atom stereocenters. The summed E-state index contributed by atoms with van der Waals surface area (Å²) in [6, 6.07) is 7.57. The Morgan fingerprint density at radius 2 is 2.25 bits per heavy atom. The standard InChI is InChI=1S/C17H19N3O3S/c1-23-14-6-3-2-5-12(14)10-18-15(21)9-13-11-24-17(19-13)20-8-4-7-16(20)22/h2-3,5-6,11H,4,7-10H2,1H3,(H,18,21). The van der Waals surface area contributed by atoms with Gasteiger partial charge in [0.1, 0.15) is 5.75 Å². The first kappa shape index (κ1) is 16.4. The summed E-state index contributed by atoms with van der Waals surface area (Å²) in [5.74, 6) is 0.753. The molecule has 1 aromatic carbocycles. The molecule has 1 fully saturated rings. The number of carbonyl (C=O) groups is 2. The Balaban J connectivity index is 1.55. The van der Waals surface area contributed by atoms with E-state index in [1.54, 1.807) is 12.0 Å². The van der Waals surface area contributed by atoms with Crippen LogP contribution < -0.4 is 15.0 Å². The summed E-state index contributed by atoms with van der Waals surface area (Å²) in [6.07, 6.45) is 1.65. The molecule has 0 bridgehead atoms.